The van der Waals surface area contributed by atoms with Crippen molar-refractivity contribution in [2.75, 3.05) is 18.4 Å². The van der Waals surface area contributed by atoms with Crippen molar-refractivity contribution in [2.45, 2.75) is 85.0 Å². The highest BCUT2D eigenvalue weighted by molar-refractivity contribution is 5.96. The van der Waals surface area contributed by atoms with Crippen LogP contribution in [0, 0.1) is 29.0 Å². The van der Waals surface area contributed by atoms with Gasteiger partial charge in [0.15, 0.2) is 5.96 Å². The SMILES string of the molecule is C[C@@H]1C(N=C(Nc2ccc3c(=O)n(CCc4ccc(F)cc4)cnc3c2)N2CC(NC(=O)OC(C)(C)C)C2)C[C@@H]2C[C@H]1C2(C)C. The zero-order chi connectivity index (χ0) is 32.1. The average Bonchev–Trinajstić information content (AvgIpc) is 2.94. The van der Waals surface area contributed by atoms with Crippen molar-refractivity contribution >= 4 is 28.6 Å². The van der Waals surface area contributed by atoms with E-state index in [1.165, 1.54) is 18.6 Å². The average molecular weight is 617 g/mol. The lowest BCUT2D eigenvalue weighted by atomic mass is 9.45. The Balaban J connectivity index is 1.18. The van der Waals surface area contributed by atoms with Crippen LogP contribution in [0.3, 0.4) is 0 Å². The van der Waals surface area contributed by atoms with Crippen LogP contribution in [0.15, 0.2) is 58.6 Å². The van der Waals surface area contributed by atoms with E-state index in [-0.39, 0.29) is 23.5 Å². The van der Waals surface area contributed by atoms with E-state index in [1.54, 1.807) is 23.0 Å². The van der Waals surface area contributed by atoms with Crippen LogP contribution in [0.4, 0.5) is 14.9 Å². The second-order valence-corrected chi connectivity index (χ2v) is 14.7. The number of aliphatic imine (C=N–C) groups is 1. The van der Waals surface area contributed by atoms with E-state index in [1.807, 2.05) is 39.0 Å². The first-order valence-electron chi connectivity index (χ1n) is 16.1. The number of nitrogens with one attached hydrogen (secondary N) is 2. The number of halogens is 1. The van der Waals surface area contributed by atoms with Gasteiger partial charge in [-0.25, -0.2) is 19.2 Å². The summed E-state index contributed by atoms with van der Waals surface area (Å²) in [6.07, 6.45) is 4.12. The molecule has 45 heavy (non-hydrogen) atoms. The van der Waals surface area contributed by atoms with E-state index < -0.39 is 11.7 Å². The lowest BCUT2D eigenvalue weighted by molar-refractivity contribution is -0.108. The molecule has 3 aromatic rings. The van der Waals surface area contributed by atoms with Crippen LogP contribution in [-0.4, -0.2) is 57.3 Å². The van der Waals surface area contributed by atoms with Gasteiger partial charge in [0.25, 0.3) is 5.56 Å². The second kappa shape index (κ2) is 11.8. The van der Waals surface area contributed by atoms with Crippen LogP contribution in [0.5, 0.6) is 0 Å². The van der Waals surface area contributed by atoms with Crippen molar-refractivity contribution in [3.8, 4) is 0 Å². The molecule has 2 bridgehead atoms. The molecule has 4 atom stereocenters. The van der Waals surface area contributed by atoms with E-state index in [4.69, 9.17) is 9.73 Å². The molecule has 4 aliphatic rings. The first kappa shape index (κ1) is 31.0. The van der Waals surface area contributed by atoms with Gasteiger partial charge in [0.1, 0.15) is 11.4 Å². The second-order valence-electron chi connectivity index (χ2n) is 14.7. The number of carbonyl (C=O) groups excluding carboxylic acids is 1. The monoisotopic (exact) mass is 616 g/mol. The molecule has 240 valence electrons. The van der Waals surface area contributed by atoms with Crippen LogP contribution in [0.2, 0.25) is 0 Å². The molecule has 10 heteroatoms. The summed E-state index contributed by atoms with van der Waals surface area (Å²) >= 11 is 0. The maximum absolute atomic E-state index is 13.3. The molecule has 3 saturated carbocycles. The Labute approximate surface area is 264 Å². The summed E-state index contributed by atoms with van der Waals surface area (Å²) in [5, 5.41) is 7.05. The first-order chi connectivity index (χ1) is 21.3. The molecule has 4 fully saturated rings. The summed E-state index contributed by atoms with van der Waals surface area (Å²) in [6.45, 7) is 14.4. The number of benzene rings is 2. The van der Waals surface area contributed by atoms with Gasteiger partial charge in [-0.05, 0) is 99.1 Å². The van der Waals surface area contributed by atoms with E-state index >= 15 is 0 Å². The smallest absolute Gasteiger partial charge is 0.407 e. The fourth-order valence-electron chi connectivity index (χ4n) is 7.29. The molecular weight excluding hydrogens is 571 g/mol. The third kappa shape index (κ3) is 6.56. The fourth-order valence-corrected chi connectivity index (χ4v) is 7.29. The number of guanidine groups is 1. The van der Waals surface area contributed by atoms with E-state index in [9.17, 15) is 14.0 Å². The molecule has 9 nitrogen and oxygen atoms in total. The lowest BCUT2D eigenvalue weighted by Crippen LogP contribution is -2.63. The molecule has 2 heterocycles. The van der Waals surface area contributed by atoms with E-state index in [0.717, 1.165) is 23.6 Å². The minimum absolute atomic E-state index is 0.0328. The summed E-state index contributed by atoms with van der Waals surface area (Å²) in [5.74, 6) is 2.33. The van der Waals surface area contributed by atoms with Gasteiger partial charge in [0.05, 0.1) is 29.3 Å². The Morgan fingerprint density at radius 3 is 2.53 bits per heavy atom. The van der Waals surface area contributed by atoms with Gasteiger partial charge in [0.2, 0.25) is 0 Å². The molecular formula is C35H45FN6O3. The number of alkyl carbamates (subject to hydrolysis) is 1. The van der Waals surface area contributed by atoms with Gasteiger partial charge < -0.3 is 20.3 Å². The van der Waals surface area contributed by atoms with Crippen molar-refractivity contribution < 1.29 is 13.9 Å². The summed E-state index contributed by atoms with van der Waals surface area (Å²) < 4.78 is 20.3. The van der Waals surface area contributed by atoms with Gasteiger partial charge in [-0.1, -0.05) is 32.9 Å². The van der Waals surface area contributed by atoms with Crippen molar-refractivity contribution in [1.82, 2.24) is 19.8 Å². The molecule has 7 rings (SSSR count). The minimum atomic E-state index is -0.552. The fraction of sp³-hybridized carbons (Fsp3) is 0.543. The molecule has 1 amide bonds. The van der Waals surface area contributed by atoms with Crippen molar-refractivity contribution in [1.29, 1.82) is 0 Å². The van der Waals surface area contributed by atoms with Gasteiger partial charge in [0, 0.05) is 25.3 Å². The van der Waals surface area contributed by atoms with Gasteiger partial charge in [-0.2, -0.15) is 0 Å². The van der Waals surface area contributed by atoms with E-state index in [2.05, 4.69) is 41.3 Å². The minimum Gasteiger partial charge on any atom is -0.444 e. The number of ether oxygens (including phenoxy) is 1. The van der Waals surface area contributed by atoms with Crippen molar-refractivity contribution in [3.05, 3.63) is 70.5 Å². The molecule has 3 aliphatic carbocycles. The molecule has 2 N–H and O–H groups in total. The number of likely N-dealkylation sites (tertiary alicyclic amines) is 1. The van der Waals surface area contributed by atoms with Crippen LogP contribution < -0.4 is 16.2 Å². The maximum Gasteiger partial charge on any atom is 0.407 e. The van der Waals surface area contributed by atoms with Crippen LogP contribution in [0.1, 0.15) is 59.9 Å². The highest BCUT2D eigenvalue weighted by Crippen LogP contribution is 2.61. The number of anilines is 1. The number of hydrogen-bond donors (Lipinski definition) is 2. The Hall–Kier alpha value is -3.95. The summed E-state index contributed by atoms with van der Waals surface area (Å²) in [5.41, 5.74) is 2.06. The number of fused-ring (bicyclic) bond motifs is 3. The number of amides is 1. The Bertz CT molecular complexity index is 1650. The molecule has 0 radical (unpaired) electrons. The number of carbonyl (C=O) groups is 1. The number of nitrogens with zero attached hydrogens (tertiary/aromatic N) is 4. The van der Waals surface area contributed by atoms with Crippen molar-refractivity contribution in [3.63, 3.8) is 0 Å². The van der Waals surface area contributed by atoms with Crippen molar-refractivity contribution in [2.24, 2.45) is 28.2 Å². The Kier molecular flexibility index (Phi) is 8.12. The predicted octanol–water partition coefficient (Wildman–Crippen LogP) is 5.83. The van der Waals surface area contributed by atoms with Crippen LogP contribution in [0.25, 0.3) is 10.9 Å². The highest BCUT2D eigenvalue weighted by Gasteiger charge is 2.56. The Morgan fingerprint density at radius 1 is 1.13 bits per heavy atom. The molecule has 2 aromatic carbocycles. The van der Waals surface area contributed by atoms with E-state index in [0.29, 0.717) is 60.1 Å². The normalized spacial score (nSPS) is 24.5. The van der Waals surface area contributed by atoms with Gasteiger partial charge in [-0.3, -0.25) is 9.36 Å². The number of aromatic nitrogens is 2. The van der Waals surface area contributed by atoms with Gasteiger partial charge in [-0.15, -0.1) is 0 Å². The zero-order valence-corrected chi connectivity index (χ0v) is 27.1. The molecule has 0 spiro atoms. The predicted molar refractivity (Wildman–Crippen MR) is 175 cm³/mol. The number of hydrogen-bond acceptors (Lipinski definition) is 5. The highest BCUT2D eigenvalue weighted by atomic mass is 19.1. The maximum atomic E-state index is 13.3. The summed E-state index contributed by atoms with van der Waals surface area (Å²) in [7, 11) is 0. The Morgan fingerprint density at radius 2 is 1.87 bits per heavy atom. The first-order valence-corrected chi connectivity index (χ1v) is 16.1. The molecule has 1 aliphatic heterocycles. The topological polar surface area (TPSA) is 101 Å². The third-order valence-electron chi connectivity index (χ3n) is 10.1. The molecule has 1 aromatic heterocycles. The summed E-state index contributed by atoms with van der Waals surface area (Å²) in [4.78, 5) is 37.7. The standard InChI is InChI=1S/C35H45FN6O3/c1-21-28-15-23(35(28,5)6)16-29(21)40-32(42-18-26(19-42)39-33(44)45-34(2,3)4)38-25-11-12-27-30(17-25)37-20-41(31(27)43)14-13-22-7-9-24(36)10-8-22/h7-12,17,20-21,23,26,28-29H,13-16,18-19H2,1-6H3,(H,38,40)(H,39,44)/t21-,23-,28+,29?/m0/s1. The number of aryl methyl sites for hydroxylation is 2. The summed E-state index contributed by atoms with van der Waals surface area (Å²) in [6, 6.07) is 12.1. The van der Waals surface area contributed by atoms with Crippen LogP contribution >= 0.6 is 0 Å². The quantitative estimate of drug-likeness (QED) is 0.267. The number of rotatable bonds is 6. The molecule has 1 saturated heterocycles. The lowest BCUT2D eigenvalue weighted by Gasteiger charge is -2.61. The van der Waals surface area contributed by atoms with Crippen LogP contribution in [-0.2, 0) is 17.7 Å². The molecule has 1 unspecified atom stereocenters. The largest absolute Gasteiger partial charge is 0.444 e. The third-order valence-corrected chi connectivity index (χ3v) is 10.1. The zero-order valence-electron chi connectivity index (χ0n) is 27.1. The van der Waals surface area contributed by atoms with Gasteiger partial charge >= 0.3 is 6.09 Å².